The predicted octanol–water partition coefficient (Wildman–Crippen LogP) is -1.57. The molecule has 0 aliphatic carbocycles. The fraction of sp³-hybridized carbons (Fsp3) is 0.0625. The van der Waals surface area contributed by atoms with Crippen molar-refractivity contribution in [3.8, 4) is 40.1 Å². The van der Waals surface area contributed by atoms with Crippen molar-refractivity contribution in [1.29, 1.82) is 0 Å². The van der Waals surface area contributed by atoms with Crippen LogP contribution in [-0.2, 0) is 10.4 Å². The fourth-order valence-corrected chi connectivity index (χ4v) is 2.81. The Hall–Kier alpha value is -1.80. The summed E-state index contributed by atoms with van der Waals surface area (Å²) in [6.45, 7) is 0. The molecule has 0 saturated heterocycles. The second-order valence-corrected chi connectivity index (χ2v) is 6.29. The second kappa shape index (κ2) is 8.28. The quantitative estimate of drug-likeness (QED) is 0.248. The van der Waals surface area contributed by atoms with Gasteiger partial charge in [-0.15, -0.1) is 0 Å². The average Bonchev–Trinajstić information content (AvgIpc) is 2.56. The Labute approximate surface area is 200 Å². The monoisotopic (exact) mass is 434 g/mol. The maximum Gasteiger partial charge on any atom is 1.00 e. The third-order valence-electron chi connectivity index (χ3n) is 3.54. The maximum atomic E-state index is 12.6. The molecule has 0 amide bonds. The van der Waals surface area contributed by atoms with Crippen molar-refractivity contribution in [3.05, 3.63) is 40.6 Å². The summed E-state index contributed by atoms with van der Waals surface area (Å²) in [7, 11) is -4.11. The number of phenolic OH excluding ortho intramolecular Hbond substituents is 3. The molecular weight excluding hydrogens is 423 g/mol. The zero-order valence-corrected chi connectivity index (χ0v) is 18.4. The van der Waals surface area contributed by atoms with Crippen LogP contribution in [0.3, 0.4) is 0 Å². The van der Waals surface area contributed by atoms with Crippen LogP contribution in [0.25, 0.3) is 22.3 Å². The molecule has 0 atom stereocenters. The summed E-state index contributed by atoms with van der Waals surface area (Å²) in [5, 5.41) is 28.6. The molecule has 10 nitrogen and oxygen atoms in total. The molecule has 0 fully saturated rings. The number of aromatic hydroxyl groups is 3. The summed E-state index contributed by atoms with van der Waals surface area (Å²) in [4.78, 5) is 12.6. The van der Waals surface area contributed by atoms with Crippen molar-refractivity contribution < 1.29 is 93.0 Å². The van der Waals surface area contributed by atoms with Gasteiger partial charge in [0, 0.05) is 17.7 Å². The van der Waals surface area contributed by atoms with Crippen LogP contribution in [0, 0.1) is 0 Å². The number of methoxy groups -OCH3 is 1. The third kappa shape index (κ3) is 4.43. The van der Waals surface area contributed by atoms with Crippen molar-refractivity contribution in [2.24, 2.45) is 0 Å². The van der Waals surface area contributed by atoms with Crippen molar-refractivity contribution in [2.45, 2.75) is 0 Å². The van der Waals surface area contributed by atoms with Crippen molar-refractivity contribution in [2.75, 3.05) is 7.11 Å². The van der Waals surface area contributed by atoms with Crippen LogP contribution >= 0.6 is 0 Å². The Balaban J connectivity index is 0.00000280. The van der Waals surface area contributed by atoms with Crippen LogP contribution in [0.5, 0.6) is 28.7 Å². The molecule has 142 valence electrons. The summed E-state index contributed by atoms with van der Waals surface area (Å²) < 4.78 is 47.8. The molecule has 12 heteroatoms. The van der Waals surface area contributed by atoms with Gasteiger partial charge < -0.3 is 33.2 Å². The second-order valence-electron chi connectivity index (χ2n) is 5.31. The van der Waals surface area contributed by atoms with Gasteiger partial charge in [-0.1, -0.05) is 0 Å². The van der Waals surface area contributed by atoms with E-state index >= 15 is 0 Å². The molecule has 0 saturated carbocycles. The Kier molecular flexibility index (Phi) is 6.65. The third-order valence-corrected chi connectivity index (χ3v) is 3.92. The molecular formula is C16H11KO10S. The van der Waals surface area contributed by atoms with E-state index in [9.17, 15) is 33.1 Å². The van der Waals surface area contributed by atoms with Crippen molar-refractivity contribution >= 4 is 21.4 Å². The van der Waals surface area contributed by atoms with Crippen molar-refractivity contribution in [1.82, 2.24) is 0 Å². The first-order chi connectivity index (χ1) is 12.6. The molecule has 0 unspecified atom stereocenters. The van der Waals surface area contributed by atoms with E-state index in [-0.39, 0.29) is 74.0 Å². The number of hydrogen-bond acceptors (Lipinski definition) is 10. The van der Waals surface area contributed by atoms with E-state index in [1.54, 1.807) is 0 Å². The van der Waals surface area contributed by atoms with Gasteiger partial charge in [0.1, 0.15) is 22.5 Å². The number of ether oxygens (including phenoxy) is 1. The first-order valence-corrected chi connectivity index (χ1v) is 8.49. The Bertz CT molecular complexity index is 1220. The molecule has 0 radical (unpaired) electrons. The van der Waals surface area contributed by atoms with Crippen LogP contribution in [0.4, 0.5) is 0 Å². The van der Waals surface area contributed by atoms with Crippen LogP contribution in [0.15, 0.2) is 39.5 Å². The number of fused-ring (bicyclic) bond motifs is 1. The maximum absolute atomic E-state index is 12.6. The first kappa shape index (κ1) is 22.5. The molecule has 1 aromatic heterocycles. The van der Waals surface area contributed by atoms with Gasteiger partial charge in [-0.2, -0.15) is 0 Å². The molecule has 3 N–H and O–H groups in total. The predicted molar refractivity (Wildman–Crippen MR) is 89.8 cm³/mol. The zero-order valence-electron chi connectivity index (χ0n) is 14.5. The van der Waals surface area contributed by atoms with E-state index in [4.69, 9.17) is 9.15 Å². The van der Waals surface area contributed by atoms with Gasteiger partial charge >= 0.3 is 51.4 Å². The zero-order chi connectivity index (χ0) is 19.9. The normalized spacial score (nSPS) is 11.1. The fourth-order valence-electron chi connectivity index (χ4n) is 2.45. The van der Waals surface area contributed by atoms with E-state index in [1.807, 2.05) is 0 Å². The molecule has 0 spiro atoms. The molecule has 0 aliphatic heterocycles. The van der Waals surface area contributed by atoms with E-state index in [0.29, 0.717) is 0 Å². The standard InChI is InChI=1S/C16H12O10S.K/c1-24-11-4-7(2-3-9(11)18)15-16(26-27(21,22)23)14(20)13-10(19)5-8(17)6-12(13)25-15;/h2-6,17-19H,1H3,(H,21,22,23);/q;+1/p-1. The SMILES string of the molecule is COc1cc(-c2oc3cc(O)cc(O)c3c(=O)c2OS(=O)(=O)[O-])ccc1O.[K+]. The molecule has 1 heterocycles. The smallest absolute Gasteiger partial charge is 0.716 e. The van der Waals surface area contributed by atoms with E-state index in [2.05, 4.69) is 4.18 Å². The molecule has 3 rings (SSSR count). The molecule has 28 heavy (non-hydrogen) atoms. The van der Waals surface area contributed by atoms with Gasteiger partial charge in [0.05, 0.1) is 7.11 Å². The summed E-state index contributed by atoms with van der Waals surface area (Å²) in [6.07, 6.45) is 0. The van der Waals surface area contributed by atoms with Crippen LogP contribution in [0.2, 0.25) is 0 Å². The minimum absolute atomic E-state index is 0. The number of phenols is 3. The topological polar surface area (TPSA) is 167 Å². The van der Waals surface area contributed by atoms with Gasteiger partial charge in [0.15, 0.2) is 17.3 Å². The Morgan fingerprint density at radius 3 is 2.36 bits per heavy atom. The van der Waals surface area contributed by atoms with Gasteiger partial charge in [-0.25, -0.2) is 8.42 Å². The number of hydrogen-bond donors (Lipinski definition) is 3. The summed E-state index contributed by atoms with van der Waals surface area (Å²) >= 11 is 0. The van der Waals surface area contributed by atoms with Crippen molar-refractivity contribution in [3.63, 3.8) is 0 Å². The van der Waals surface area contributed by atoms with E-state index in [0.717, 1.165) is 12.1 Å². The summed E-state index contributed by atoms with van der Waals surface area (Å²) in [5.74, 6) is -2.91. The van der Waals surface area contributed by atoms with Gasteiger partial charge in [0.2, 0.25) is 11.2 Å². The summed E-state index contributed by atoms with van der Waals surface area (Å²) in [5.41, 5.74) is -1.43. The summed E-state index contributed by atoms with van der Waals surface area (Å²) in [6, 6.07) is 5.46. The van der Waals surface area contributed by atoms with E-state index < -0.39 is 44.2 Å². The first-order valence-electron chi connectivity index (χ1n) is 7.16. The average molecular weight is 434 g/mol. The molecule has 0 bridgehead atoms. The van der Waals surface area contributed by atoms with Gasteiger partial charge in [0.25, 0.3) is 10.4 Å². The van der Waals surface area contributed by atoms with E-state index in [1.165, 1.54) is 25.3 Å². The van der Waals surface area contributed by atoms with Gasteiger partial charge in [-0.05, 0) is 18.2 Å². The molecule has 0 aliphatic rings. The Morgan fingerprint density at radius 2 is 1.75 bits per heavy atom. The number of rotatable bonds is 4. The van der Waals surface area contributed by atoms with Crippen LogP contribution < -0.4 is 65.7 Å². The van der Waals surface area contributed by atoms with Gasteiger partial charge in [-0.3, -0.25) is 4.79 Å². The van der Waals surface area contributed by atoms with Crippen LogP contribution in [-0.4, -0.2) is 35.4 Å². The molecule has 3 aromatic rings. The largest absolute Gasteiger partial charge is 1.00 e. The Morgan fingerprint density at radius 1 is 1.07 bits per heavy atom. The minimum Gasteiger partial charge on any atom is -0.716 e. The number of benzene rings is 2. The van der Waals surface area contributed by atoms with Crippen LogP contribution in [0.1, 0.15) is 0 Å². The molecule has 2 aromatic carbocycles. The minimum atomic E-state index is -5.37.